The van der Waals surface area contributed by atoms with Crippen LogP contribution in [0.3, 0.4) is 0 Å². The predicted molar refractivity (Wildman–Crippen MR) is 165 cm³/mol. The number of halogens is 2. The number of carbonyl (C=O) groups excluding carboxylic acids is 1. The van der Waals surface area contributed by atoms with Crippen LogP contribution in [0.5, 0.6) is 0 Å². The number of hydrogen-bond donors (Lipinski definition) is 0. The highest BCUT2D eigenvalue weighted by atomic mass is 35.5. The summed E-state index contributed by atoms with van der Waals surface area (Å²) in [6.45, 7) is 11.6. The number of sulfone groups is 1. The maximum Gasteiger partial charge on any atom is 0.229 e. The molecule has 0 N–H and O–H groups in total. The van der Waals surface area contributed by atoms with Crippen LogP contribution in [0.4, 0.5) is 0 Å². The molecule has 2 saturated heterocycles. The highest BCUT2D eigenvalue weighted by Crippen LogP contribution is 2.53. The van der Waals surface area contributed by atoms with Gasteiger partial charge in [-0.3, -0.25) is 4.79 Å². The van der Waals surface area contributed by atoms with Crippen molar-refractivity contribution in [3.05, 3.63) is 69.7 Å². The molecule has 1 amide bonds. The Hall–Kier alpha value is -1.64. The van der Waals surface area contributed by atoms with Crippen LogP contribution >= 0.6 is 23.2 Å². The van der Waals surface area contributed by atoms with Gasteiger partial charge in [0.25, 0.3) is 0 Å². The van der Waals surface area contributed by atoms with E-state index in [1.165, 1.54) is 0 Å². The topological polar surface area (TPSA) is 72.9 Å². The fourth-order valence-corrected chi connectivity index (χ4v) is 7.81. The van der Waals surface area contributed by atoms with Crippen molar-refractivity contribution in [2.24, 2.45) is 5.41 Å². The van der Waals surface area contributed by atoms with E-state index in [9.17, 15) is 13.2 Å². The monoisotopic (exact) mass is 623 g/mol. The molecule has 0 spiro atoms. The van der Waals surface area contributed by atoms with Gasteiger partial charge in [-0.25, -0.2) is 8.42 Å². The summed E-state index contributed by atoms with van der Waals surface area (Å²) in [7, 11) is -3.29. The number of ether oxygens (including phenoxy) is 2. The summed E-state index contributed by atoms with van der Waals surface area (Å²) in [6.07, 6.45) is 1.83. The molecule has 2 aromatic rings. The van der Waals surface area contributed by atoms with E-state index in [1.807, 2.05) is 75.1 Å². The summed E-state index contributed by atoms with van der Waals surface area (Å²) in [5, 5.41) is 0.769. The second-order valence-electron chi connectivity index (χ2n) is 12.6. The highest BCUT2D eigenvalue weighted by Gasteiger charge is 2.53. The van der Waals surface area contributed by atoms with Crippen molar-refractivity contribution < 1.29 is 22.7 Å². The number of hydrogen-bond acceptors (Lipinski definition) is 5. The molecule has 4 rings (SSSR count). The van der Waals surface area contributed by atoms with E-state index in [2.05, 4.69) is 6.07 Å². The van der Waals surface area contributed by atoms with Crippen LogP contribution in [-0.2, 0) is 24.1 Å². The molecule has 0 aromatic heterocycles. The Labute approximate surface area is 255 Å². The average Bonchev–Trinajstić information content (AvgIpc) is 3.24. The van der Waals surface area contributed by atoms with Crippen molar-refractivity contribution >= 4 is 38.9 Å². The van der Waals surface area contributed by atoms with Crippen LogP contribution < -0.4 is 0 Å². The van der Waals surface area contributed by atoms with Gasteiger partial charge in [0, 0.05) is 27.4 Å². The first-order chi connectivity index (χ1) is 19.2. The van der Waals surface area contributed by atoms with E-state index in [4.69, 9.17) is 32.7 Å². The minimum absolute atomic E-state index is 0.0119. The molecule has 0 radical (unpaired) electrons. The van der Waals surface area contributed by atoms with Crippen molar-refractivity contribution in [2.45, 2.75) is 102 Å². The number of piperidine rings is 1. The van der Waals surface area contributed by atoms with Gasteiger partial charge in [0.05, 0.1) is 29.8 Å². The standard InChI is InChI=1S/C32H43Cl2NO5S/c1-7-26(15-16-41(37,38)21(2)3)35-29(22-11-13-24(33)14-12-22)28(23-9-8-10-25(34)17-23)19-32(6,30(35)36)18-27-20-39-31(4,5)40-27/h8-14,17,21,26-29H,7,15-16,18-20H2,1-6H3/t26-,27?,28+,29+,32-/m0/s1. The lowest BCUT2D eigenvalue weighted by Crippen LogP contribution is -2.56. The maximum atomic E-state index is 14.8. The zero-order chi connectivity index (χ0) is 30.2. The molecule has 226 valence electrons. The molecule has 2 fully saturated rings. The predicted octanol–water partition coefficient (Wildman–Crippen LogP) is 7.59. The lowest BCUT2D eigenvalue weighted by molar-refractivity contribution is -0.163. The molecule has 5 atom stereocenters. The molecule has 6 nitrogen and oxygen atoms in total. The fourth-order valence-electron chi connectivity index (χ4n) is 6.41. The van der Waals surface area contributed by atoms with Crippen molar-refractivity contribution in [3.63, 3.8) is 0 Å². The van der Waals surface area contributed by atoms with Gasteiger partial charge < -0.3 is 14.4 Å². The fraction of sp³-hybridized carbons (Fsp3) is 0.594. The van der Waals surface area contributed by atoms with Gasteiger partial charge in [0.1, 0.15) is 0 Å². The first kappa shape index (κ1) is 32.3. The third kappa shape index (κ3) is 7.30. The average molecular weight is 625 g/mol. The number of amides is 1. The van der Waals surface area contributed by atoms with Gasteiger partial charge in [0.15, 0.2) is 15.6 Å². The molecule has 1 unspecified atom stereocenters. The zero-order valence-electron chi connectivity index (χ0n) is 24.9. The highest BCUT2D eigenvalue weighted by molar-refractivity contribution is 7.91. The molecular formula is C32H43Cl2NO5S. The minimum Gasteiger partial charge on any atom is -0.348 e. The van der Waals surface area contributed by atoms with Gasteiger partial charge in [0.2, 0.25) is 5.91 Å². The largest absolute Gasteiger partial charge is 0.348 e. The summed E-state index contributed by atoms with van der Waals surface area (Å²) in [5.41, 5.74) is 1.23. The van der Waals surface area contributed by atoms with E-state index in [0.717, 1.165) is 11.1 Å². The smallest absolute Gasteiger partial charge is 0.229 e. The lowest BCUT2D eigenvalue weighted by atomic mass is 9.66. The summed E-state index contributed by atoms with van der Waals surface area (Å²) in [6, 6.07) is 14.9. The Morgan fingerprint density at radius 1 is 1.02 bits per heavy atom. The minimum atomic E-state index is -3.29. The zero-order valence-corrected chi connectivity index (χ0v) is 27.2. The molecule has 9 heteroatoms. The molecule has 0 aliphatic carbocycles. The van der Waals surface area contributed by atoms with E-state index in [-0.39, 0.29) is 35.8 Å². The number of carbonyl (C=O) groups is 1. The van der Waals surface area contributed by atoms with Crippen LogP contribution in [0, 0.1) is 5.41 Å². The van der Waals surface area contributed by atoms with Crippen LogP contribution in [0.1, 0.15) is 90.3 Å². The normalized spacial score (nSPS) is 27.4. The summed E-state index contributed by atoms with van der Waals surface area (Å²) in [4.78, 5) is 16.8. The van der Waals surface area contributed by atoms with Crippen LogP contribution in [-0.4, -0.2) is 54.8 Å². The first-order valence-corrected chi connectivity index (χ1v) is 17.0. The molecule has 0 bridgehead atoms. The maximum absolute atomic E-state index is 14.8. The van der Waals surface area contributed by atoms with E-state index < -0.39 is 26.3 Å². The van der Waals surface area contributed by atoms with Crippen molar-refractivity contribution in [1.82, 2.24) is 4.90 Å². The van der Waals surface area contributed by atoms with Gasteiger partial charge in [-0.2, -0.15) is 0 Å². The SMILES string of the molecule is CC[C@@H](CCS(=O)(=O)C(C)C)N1C(=O)[C@@](C)(CC2COC(C)(C)O2)C[C@H](c2cccc(Cl)c2)[C@H]1c1ccc(Cl)cc1. The lowest BCUT2D eigenvalue weighted by Gasteiger charge is -2.52. The molecule has 2 aliphatic heterocycles. The van der Waals surface area contributed by atoms with E-state index >= 15 is 0 Å². The Morgan fingerprint density at radius 3 is 2.27 bits per heavy atom. The number of benzene rings is 2. The summed E-state index contributed by atoms with van der Waals surface area (Å²) < 4.78 is 37.8. The summed E-state index contributed by atoms with van der Waals surface area (Å²) in [5.74, 6) is -0.762. The van der Waals surface area contributed by atoms with Crippen LogP contribution in [0.2, 0.25) is 10.0 Å². The number of rotatable bonds is 10. The van der Waals surface area contributed by atoms with Crippen molar-refractivity contribution in [3.8, 4) is 0 Å². The van der Waals surface area contributed by atoms with Crippen molar-refractivity contribution in [2.75, 3.05) is 12.4 Å². The summed E-state index contributed by atoms with van der Waals surface area (Å²) >= 11 is 12.8. The van der Waals surface area contributed by atoms with Crippen molar-refractivity contribution in [1.29, 1.82) is 0 Å². The second kappa shape index (κ2) is 12.5. The molecule has 0 saturated carbocycles. The Bertz CT molecular complexity index is 1330. The van der Waals surface area contributed by atoms with Gasteiger partial charge in [-0.15, -0.1) is 0 Å². The Morgan fingerprint density at radius 2 is 1.71 bits per heavy atom. The molecule has 2 aromatic carbocycles. The van der Waals surface area contributed by atoms with E-state index in [0.29, 0.717) is 42.3 Å². The van der Waals surface area contributed by atoms with Gasteiger partial charge in [-0.1, -0.05) is 61.3 Å². The molecule has 2 aliphatic rings. The first-order valence-electron chi connectivity index (χ1n) is 14.5. The molecule has 2 heterocycles. The third-order valence-corrected chi connectivity index (χ3v) is 11.4. The number of likely N-dealkylation sites (tertiary alicyclic amines) is 1. The third-order valence-electron chi connectivity index (χ3n) is 8.65. The van der Waals surface area contributed by atoms with E-state index in [1.54, 1.807) is 13.8 Å². The molecule has 41 heavy (non-hydrogen) atoms. The van der Waals surface area contributed by atoms with Crippen LogP contribution in [0.25, 0.3) is 0 Å². The van der Waals surface area contributed by atoms with Gasteiger partial charge >= 0.3 is 0 Å². The quantitative estimate of drug-likeness (QED) is 0.272. The molecular weight excluding hydrogens is 581 g/mol. The van der Waals surface area contributed by atoms with Crippen LogP contribution in [0.15, 0.2) is 48.5 Å². The Kier molecular flexibility index (Phi) is 9.87. The second-order valence-corrected chi connectivity index (χ2v) is 16.1. The number of nitrogens with zero attached hydrogens (tertiary/aromatic N) is 1. The van der Waals surface area contributed by atoms with Gasteiger partial charge in [-0.05, 0) is 88.8 Å². The Balaban J connectivity index is 1.83.